The molecule has 0 aliphatic carbocycles. The van der Waals surface area contributed by atoms with Crippen LogP contribution in [-0.4, -0.2) is 62.9 Å². The number of halogens is 2. The number of anilines is 3. The molecule has 3 aromatic heterocycles. The summed E-state index contributed by atoms with van der Waals surface area (Å²) in [7, 11) is 2.13. The minimum atomic E-state index is -0.670. The lowest BCUT2D eigenvalue weighted by atomic mass is 10.1. The molecule has 1 N–H and O–H groups in total. The molecule has 0 atom stereocenters. The van der Waals surface area contributed by atoms with Crippen LogP contribution in [0.1, 0.15) is 0 Å². The maximum Gasteiger partial charge on any atom is 0.282 e. The van der Waals surface area contributed by atoms with Gasteiger partial charge in [-0.05, 0) is 55.6 Å². The van der Waals surface area contributed by atoms with Crippen molar-refractivity contribution in [1.82, 2.24) is 29.6 Å². The number of aromatic nitrogens is 5. The van der Waals surface area contributed by atoms with Gasteiger partial charge in [-0.2, -0.15) is 9.78 Å². The monoisotopic (exact) mass is 542 g/mol. The number of para-hydroxylation sites is 1. The topological polar surface area (TPSA) is 92.1 Å². The maximum atomic E-state index is 14.8. The first-order valence-corrected chi connectivity index (χ1v) is 12.8. The van der Waals surface area contributed by atoms with Crippen LogP contribution in [-0.2, 0) is 0 Å². The van der Waals surface area contributed by atoms with Crippen LogP contribution in [0.25, 0.3) is 27.8 Å². The molecule has 5 aromatic rings. The number of benzene rings is 2. The van der Waals surface area contributed by atoms with E-state index >= 15 is 0 Å². The molecule has 1 saturated heterocycles. The van der Waals surface area contributed by atoms with Gasteiger partial charge in [0.25, 0.3) is 5.56 Å². The molecule has 196 valence electrons. The van der Waals surface area contributed by atoms with Crippen LogP contribution >= 0.6 is 11.6 Å². The maximum absolute atomic E-state index is 14.8. The highest BCUT2D eigenvalue weighted by atomic mass is 35.5. The molecule has 1 aliphatic heterocycles. The van der Waals surface area contributed by atoms with Crippen molar-refractivity contribution in [2.45, 2.75) is 0 Å². The van der Waals surface area contributed by atoms with Crippen molar-refractivity contribution in [3.05, 3.63) is 94.4 Å². The number of hydrogen-bond acceptors (Lipinski definition) is 8. The third-order valence-electron chi connectivity index (χ3n) is 6.73. The minimum Gasteiger partial charge on any atom is -0.369 e. The molecule has 1 aliphatic rings. The van der Waals surface area contributed by atoms with Gasteiger partial charge in [-0.3, -0.25) is 9.78 Å². The van der Waals surface area contributed by atoms with Crippen LogP contribution in [0, 0.1) is 5.82 Å². The highest BCUT2D eigenvalue weighted by molar-refractivity contribution is 6.32. The zero-order valence-corrected chi connectivity index (χ0v) is 21.8. The molecule has 4 heterocycles. The van der Waals surface area contributed by atoms with Crippen LogP contribution in [0.15, 0.2) is 78.0 Å². The quantitative estimate of drug-likeness (QED) is 0.346. The van der Waals surface area contributed by atoms with Crippen molar-refractivity contribution in [3.63, 3.8) is 0 Å². The Bertz CT molecular complexity index is 1680. The molecule has 6 rings (SSSR count). The van der Waals surface area contributed by atoms with Gasteiger partial charge in [-0.15, -0.1) is 0 Å². The van der Waals surface area contributed by atoms with Crippen molar-refractivity contribution in [2.75, 3.05) is 43.4 Å². The average molecular weight is 543 g/mol. The average Bonchev–Trinajstić information content (AvgIpc) is 2.95. The smallest absolute Gasteiger partial charge is 0.282 e. The number of fused-ring (bicyclic) bond motifs is 1. The van der Waals surface area contributed by atoms with Crippen molar-refractivity contribution < 1.29 is 4.39 Å². The van der Waals surface area contributed by atoms with Crippen LogP contribution in [0.3, 0.4) is 0 Å². The van der Waals surface area contributed by atoms with Crippen molar-refractivity contribution >= 4 is 39.8 Å². The van der Waals surface area contributed by atoms with Gasteiger partial charge >= 0.3 is 0 Å². The van der Waals surface area contributed by atoms with E-state index in [4.69, 9.17) is 11.6 Å². The van der Waals surface area contributed by atoms with E-state index < -0.39 is 11.4 Å². The molecular weight excluding hydrogens is 519 g/mol. The SMILES string of the molecule is CN1CCN(c2ccc(Nc3ncc4c(=O)n(-c5c(F)cccc5Cl)nc(-c5ccncc5)c4n3)cc2)CC1. The Morgan fingerprint density at radius 3 is 2.44 bits per heavy atom. The van der Waals surface area contributed by atoms with E-state index in [-0.39, 0.29) is 16.1 Å². The number of nitrogens with zero attached hydrogens (tertiary/aromatic N) is 7. The Labute approximate surface area is 228 Å². The lowest BCUT2D eigenvalue weighted by Crippen LogP contribution is -2.44. The second-order valence-corrected chi connectivity index (χ2v) is 9.70. The fourth-order valence-corrected chi connectivity index (χ4v) is 4.83. The number of likely N-dealkylation sites (N-methyl/N-ethyl adjacent to an activating group) is 1. The molecule has 1 fully saturated rings. The molecule has 0 unspecified atom stereocenters. The number of nitrogens with one attached hydrogen (secondary N) is 1. The molecule has 2 aromatic carbocycles. The zero-order chi connectivity index (χ0) is 26.9. The molecule has 0 spiro atoms. The minimum absolute atomic E-state index is 0.0591. The third kappa shape index (κ3) is 4.91. The molecule has 39 heavy (non-hydrogen) atoms. The van der Waals surface area contributed by atoms with Crippen molar-refractivity contribution in [1.29, 1.82) is 0 Å². The molecule has 0 amide bonds. The summed E-state index contributed by atoms with van der Waals surface area (Å²) in [5.41, 5.74) is 2.57. The van der Waals surface area contributed by atoms with Gasteiger partial charge in [0.15, 0.2) is 5.82 Å². The fraction of sp³-hybridized carbons (Fsp3) is 0.179. The van der Waals surface area contributed by atoms with Gasteiger partial charge in [-0.1, -0.05) is 17.7 Å². The van der Waals surface area contributed by atoms with Crippen LogP contribution in [0.4, 0.5) is 21.7 Å². The molecule has 0 bridgehead atoms. The van der Waals surface area contributed by atoms with Gasteiger partial charge in [0.2, 0.25) is 5.95 Å². The molecule has 0 saturated carbocycles. The summed E-state index contributed by atoms with van der Waals surface area (Å²) < 4.78 is 15.7. The standard InChI is InChI=1S/C28H24ClFN8O/c1-36-13-15-37(16-14-36)20-7-5-19(6-8-20)33-28-32-17-21-25(34-28)24(18-9-11-31-12-10-18)35-38(27(21)39)26-22(29)3-2-4-23(26)30/h2-12,17H,13-16H2,1H3,(H,32,33,34). The van der Waals surface area contributed by atoms with Gasteiger partial charge in [0.05, 0.1) is 10.4 Å². The second-order valence-electron chi connectivity index (χ2n) is 9.29. The molecule has 0 radical (unpaired) electrons. The summed E-state index contributed by atoms with van der Waals surface area (Å²) >= 11 is 6.27. The van der Waals surface area contributed by atoms with E-state index in [1.807, 2.05) is 12.1 Å². The van der Waals surface area contributed by atoms with Gasteiger partial charge < -0.3 is 15.1 Å². The summed E-state index contributed by atoms with van der Waals surface area (Å²) in [6.07, 6.45) is 4.64. The Hall–Kier alpha value is -4.41. The number of piperazine rings is 1. The van der Waals surface area contributed by atoms with Gasteiger partial charge in [-0.25, -0.2) is 14.4 Å². The Balaban J connectivity index is 1.40. The predicted octanol–water partition coefficient (Wildman–Crippen LogP) is 4.53. The Kier molecular flexibility index (Phi) is 6.64. The first kappa shape index (κ1) is 24.9. The van der Waals surface area contributed by atoms with Gasteiger partial charge in [0.1, 0.15) is 16.9 Å². The highest BCUT2D eigenvalue weighted by Gasteiger charge is 2.20. The number of pyridine rings is 1. The second kappa shape index (κ2) is 10.4. The first-order valence-electron chi connectivity index (χ1n) is 12.4. The summed E-state index contributed by atoms with van der Waals surface area (Å²) in [6.45, 7) is 4.03. The summed E-state index contributed by atoms with van der Waals surface area (Å²) in [5.74, 6) is -0.371. The van der Waals surface area contributed by atoms with Crippen LogP contribution in [0.2, 0.25) is 5.02 Å². The number of rotatable bonds is 5. The number of hydrogen-bond donors (Lipinski definition) is 1. The van der Waals surface area contributed by atoms with E-state index in [0.717, 1.165) is 42.2 Å². The Morgan fingerprint density at radius 2 is 1.72 bits per heavy atom. The summed E-state index contributed by atoms with van der Waals surface area (Å²) in [5, 5.41) is 7.95. The lowest BCUT2D eigenvalue weighted by molar-refractivity contribution is 0.313. The molecule has 9 nitrogen and oxygen atoms in total. The van der Waals surface area contributed by atoms with E-state index in [1.165, 1.54) is 24.4 Å². The van der Waals surface area contributed by atoms with Gasteiger partial charge in [0, 0.05) is 61.7 Å². The summed E-state index contributed by atoms with van der Waals surface area (Å²) in [6, 6.07) is 15.8. The van der Waals surface area contributed by atoms with Crippen LogP contribution in [0.5, 0.6) is 0 Å². The fourth-order valence-electron chi connectivity index (χ4n) is 4.58. The highest BCUT2D eigenvalue weighted by Crippen LogP contribution is 2.28. The van der Waals surface area contributed by atoms with Crippen molar-refractivity contribution in [3.8, 4) is 16.9 Å². The Morgan fingerprint density at radius 1 is 0.974 bits per heavy atom. The van der Waals surface area contributed by atoms with Crippen LogP contribution < -0.4 is 15.8 Å². The van der Waals surface area contributed by atoms with E-state index in [1.54, 1.807) is 24.5 Å². The molecule has 11 heteroatoms. The molecular formula is C28H24ClFN8O. The first-order chi connectivity index (χ1) is 19.0. The third-order valence-corrected chi connectivity index (χ3v) is 7.04. The van der Waals surface area contributed by atoms with E-state index in [9.17, 15) is 9.18 Å². The van der Waals surface area contributed by atoms with E-state index in [2.05, 4.69) is 54.3 Å². The van der Waals surface area contributed by atoms with E-state index in [0.29, 0.717) is 22.7 Å². The normalized spacial score (nSPS) is 14.1. The lowest BCUT2D eigenvalue weighted by Gasteiger charge is -2.34. The van der Waals surface area contributed by atoms with Crippen molar-refractivity contribution in [2.24, 2.45) is 0 Å². The zero-order valence-electron chi connectivity index (χ0n) is 21.1. The predicted molar refractivity (Wildman–Crippen MR) is 151 cm³/mol. The summed E-state index contributed by atoms with van der Waals surface area (Å²) in [4.78, 5) is 31.2. The largest absolute Gasteiger partial charge is 0.369 e.